The molecule has 1 aromatic heterocycles. The molecule has 0 saturated heterocycles. The molecule has 3 rings (SSSR count). The monoisotopic (exact) mass is 313 g/mol. The van der Waals surface area contributed by atoms with Crippen molar-refractivity contribution >= 4 is 22.5 Å². The zero-order valence-corrected chi connectivity index (χ0v) is 13.0. The van der Waals surface area contributed by atoms with Crippen molar-refractivity contribution in [2.75, 3.05) is 6.54 Å². The highest BCUT2D eigenvalue weighted by Gasteiger charge is 2.15. The van der Waals surface area contributed by atoms with Gasteiger partial charge >= 0.3 is 0 Å². The van der Waals surface area contributed by atoms with Gasteiger partial charge in [0.15, 0.2) is 0 Å². The fraction of sp³-hybridized carbons (Fsp3) is 0.176. The highest BCUT2D eigenvalue weighted by atomic mass is 35.5. The van der Waals surface area contributed by atoms with E-state index in [9.17, 15) is 4.79 Å². The SMILES string of the molecule is Cc1ccc(Cl)c2c(=O)n(-c3ccccc3)c(CCN)nc12. The van der Waals surface area contributed by atoms with Gasteiger partial charge in [0.05, 0.1) is 21.6 Å². The molecule has 0 aliphatic heterocycles. The number of nitrogens with two attached hydrogens (primary N) is 1. The van der Waals surface area contributed by atoms with Crippen molar-refractivity contribution in [2.45, 2.75) is 13.3 Å². The van der Waals surface area contributed by atoms with E-state index in [1.54, 1.807) is 10.6 Å². The summed E-state index contributed by atoms with van der Waals surface area (Å²) in [5, 5.41) is 0.869. The van der Waals surface area contributed by atoms with Crippen LogP contribution in [0.4, 0.5) is 0 Å². The number of para-hydroxylation sites is 1. The van der Waals surface area contributed by atoms with E-state index in [-0.39, 0.29) is 5.56 Å². The summed E-state index contributed by atoms with van der Waals surface area (Å²) in [6.07, 6.45) is 0.520. The molecule has 22 heavy (non-hydrogen) atoms. The second kappa shape index (κ2) is 5.91. The van der Waals surface area contributed by atoms with Crippen molar-refractivity contribution in [1.82, 2.24) is 9.55 Å². The van der Waals surface area contributed by atoms with E-state index in [2.05, 4.69) is 4.98 Å². The van der Waals surface area contributed by atoms with Crippen molar-refractivity contribution in [3.8, 4) is 5.69 Å². The quantitative estimate of drug-likeness (QED) is 0.809. The van der Waals surface area contributed by atoms with Crippen molar-refractivity contribution in [3.05, 3.63) is 69.2 Å². The van der Waals surface area contributed by atoms with Crippen molar-refractivity contribution in [2.24, 2.45) is 5.73 Å². The summed E-state index contributed by atoms with van der Waals surface area (Å²) in [4.78, 5) is 17.7. The van der Waals surface area contributed by atoms with Gasteiger partial charge in [-0.05, 0) is 37.2 Å². The molecule has 0 saturated carbocycles. The highest BCUT2D eigenvalue weighted by molar-refractivity contribution is 6.35. The summed E-state index contributed by atoms with van der Waals surface area (Å²) >= 11 is 6.25. The Labute approximate surface area is 133 Å². The maximum atomic E-state index is 13.0. The molecule has 3 aromatic rings. The normalized spacial score (nSPS) is 11.0. The van der Waals surface area contributed by atoms with E-state index < -0.39 is 0 Å². The fourth-order valence-electron chi connectivity index (χ4n) is 2.57. The first-order valence-electron chi connectivity index (χ1n) is 7.09. The maximum absolute atomic E-state index is 13.0. The summed E-state index contributed by atoms with van der Waals surface area (Å²) < 4.78 is 1.60. The molecule has 0 bridgehead atoms. The zero-order chi connectivity index (χ0) is 15.7. The van der Waals surface area contributed by atoms with Crippen molar-refractivity contribution < 1.29 is 0 Å². The molecular formula is C17H16ClN3O. The number of rotatable bonds is 3. The number of aryl methyl sites for hydroxylation is 1. The third-order valence-corrected chi connectivity index (χ3v) is 3.94. The molecule has 0 unspecified atom stereocenters. The minimum Gasteiger partial charge on any atom is -0.330 e. The second-order valence-corrected chi connectivity index (χ2v) is 5.54. The van der Waals surface area contributed by atoms with Crippen molar-refractivity contribution in [1.29, 1.82) is 0 Å². The van der Waals surface area contributed by atoms with Gasteiger partial charge in [-0.2, -0.15) is 0 Å². The number of hydrogen-bond donors (Lipinski definition) is 1. The van der Waals surface area contributed by atoms with Crippen LogP contribution in [0.15, 0.2) is 47.3 Å². The first-order chi connectivity index (χ1) is 10.6. The summed E-state index contributed by atoms with van der Waals surface area (Å²) in [7, 11) is 0. The molecule has 0 amide bonds. The topological polar surface area (TPSA) is 60.9 Å². The number of aromatic nitrogens is 2. The molecule has 0 radical (unpaired) electrons. The van der Waals surface area contributed by atoms with Gasteiger partial charge in [-0.3, -0.25) is 9.36 Å². The third kappa shape index (κ3) is 2.40. The lowest BCUT2D eigenvalue weighted by Gasteiger charge is -2.14. The van der Waals surface area contributed by atoms with Gasteiger partial charge in [-0.15, -0.1) is 0 Å². The molecule has 4 nitrogen and oxygen atoms in total. The number of halogens is 1. The molecule has 5 heteroatoms. The van der Waals surface area contributed by atoms with E-state index in [0.29, 0.717) is 34.7 Å². The summed E-state index contributed by atoms with van der Waals surface area (Å²) in [6.45, 7) is 2.34. The van der Waals surface area contributed by atoms with Crippen LogP contribution in [0.1, 0.15) is 11.4 Å². The van der Waals surface area contributed by atoms with E-state index in [0.717, 1.165) is 11.3 Å². The Morgan fingerprint density at radius 2 is 1.91 bits per heavy atom. The van der Waals surface area contributed by atoms with Gasteiger partial charge in [0.25, 0.3) is 5.56 Å². The van der Waals surface area contributed by atoms with Gasteiger partial charge in [0.2, 0.25) is 0 Å². The van der Waals surface area contributed by atoms with Crippen LogP contribution in [0.25, 0.3) is 16.6 Å². The second-order valence-electron chi connectivity index (χ2n) is 5.13. The van der Waals surface area contributed by atoms with Crippen LogP contribution in [0, 0.1) is 6.92 Å². The van der Waals surface area contributed by atoms with Crippen LogP contribution in [-0.2, 0) is 6.42 Å². The molecule has 2 N–H and O–H groups in total. The first kappa shape index (κ1) is 14.8. The summed E-state index contributed by atoms with van der Waals surface area (Å²) in [6, 6.07) is 13.0. The largest absolute Gasteiger partial charge is 0.330 e. The van der Waals surface area contributed by atoms with Gasteiger partial charge in [0.1, 0.15) is 5.82 Å². The Bertz CT molecular complexity index is 888. The third-order valence-electron chi connectivity index (χ3n) is 3.63. The number of benzene rings is 2. The van der Waals surface area contributed by atoms with E-state index in [4.69, 9.17) is 17.3 Å². The van der Waals surface area contributed by atoms with Crippen LogP contribution in [0.2, 0.25) is 5.02 Å². The van der Waals surface area contributed by atoms with E-state index in [1.165, 1.54) is 0 Å². The minimum absolute atomic E-state index is 0.159. The Hall–Kier alpha value is -2.17. The van der Waals surface area contributed by atoms with Crippen LogP contribution in [0.3, 0.4) is 0 Å². The predicted molar refractivity (Wildman–Crippen MR) is 89.8 cm³/mol. The average Bonchev–Trinajstić information content (AvgIpc) is 2.52. The molecule has 0 aliphatic carbocycles. The highest BCUT2D eigenvalue weighted by Crippen LogP contribution is 2.23. The van der Waals surface area contributed by atoms with Gasteiger partial charge in [-0.1, -0.05) is 35.9 Å². The molecule has 0 spiro atoms. The predicted octanol–water partition coefficient (Wildman–Crippen LogP) is 2.85. The molecular weight excluding hydrogens is 298 g/mol. The lowest BCUT2D eigenvalue weighted by atomic mass is 10.1. The molecule has 112 valence electrons. The molecule has 0 aliphatic rings. The first-order valence-corrected chi connectivity index (χ1v) is 7.47. The number of fused-ring (bicyclic) bond motifs is 1. The van der Waals surface area contributed by atoms with Crippen LogP contribution < -0.4 is 11.3 Å². The summed E-state index contributed by atoms with van der Waals surface area (Å²) in [5.74, 6) is 0.650. The van der Waals surface area contributed by atoms with Gasteiger partial charge in [0, 0.05) is 6.42 Å². The van der Waals surface area contributed by atoms with Crippen LogP contribution >= 0.6 is 11.6 Å². The Morgan fingerprint density at radius 3 is 2.59 bits per heavy atom. The maximum Gasteiger partial charge on any atom is 0.267 e. The van der Waals surface area contributed by atoms with Gasteiger partial charge < -0.3 is 5.73 Å². The lowest BCUT2D eigenvalue weighted by molar-refractivity contribution is 0.796. The standard InChI is InChI=1S/C17H16ClN3O/c1-11-7-8-13(18)15-16(11)20-14(9-10-19)21(17(15)22)12-5-3-2-4-6-12/h2-8H,9-10,19H2,1H3. The van der Waals surface area contributed by atoms with Crippen LogP contribution in [-0.4, -0.2) is 16.1 Å². The number of nitrogens with zero attached hydrogens (tertiary/aromatic N) is 2. The smallest absolute Gasteiger partial charge is 0.267 e. The van der Waals surface area contributed by atoms with Crippen LogP contribution in [0.5, 0.6) is 0 Å². The molecule has 2 aromatic carbocycles. The summed E-state index contributed by atoms with van der Waals surface area (Å²) in [5.41, 5.74) is 7.87. The van der Waals surface area contributed by atoms with E-state index >= 15 is 0 Å². The van der Waals surface area contributed by atoms with Crippen molar-refractivity contribution in [3.63, 3.8) is 0 Å². The van der Waals surface area contributed by atoms with Gasteiger partial charge in [-0.25, -0.2) is 4.98 Å². The minimum atomic E-state index is -0.159. The Kier molecular flexibility index (Phi) is 3.96. The van der Waals surface area contributed by atoms with E-state index in [1.807, 2.05) is 43.3 Å². The zero-order valence-electron chi connectivity index (χ0n) is 12.2. The Balaban J connectivity index is 2.45. The average molecular weight is 314 g/mol. The molecule has 1 heterocycles. The molecule has 0 atom stereocenters. The lowest BCUT2D eigenvalue weighted by Crippen LogP contribution is -2.26. The number of hydrogen-bond acceptors (Lipinski definition) is 3. The Morgan fingerprint density at radius 1 is 1.18 bits per heavy atom. The molecule has 0 fully saturated rings. The fourth-order valence-corrected chi connectivity index (χ4v) is 2.80.